The molecule has 0 amide bonds. The molecule has 1 unspecified atom stereocenters. The molecule has 17 heavy (non-hydrogen) atoms. The summed E-state index contributed by atoms with van der Waals surface area (Å²) in [6.07, 6.45) is 1.27. The monoisotopic (exact) mass is 394 g/mol. The Bertz CT molecular complexity index is 472. The van der Waals surface area contributed by atoms with Crippen molar-refractivity contribution in [1.82, 2.24) is 0 Å². The summed E-state index contributed by atoms with van der Waals surface area (Å²) >= 11 is 8.06. The van der Waals surface area contributed by atoms with Crippen LogP contribution in [0.15, 0.2) is 27.8 Å². The molecule has 0 N–H and O–H groups in total. The van der Waals surface area contributed by atoms with Gasteiger partial charge in [0, 0.05) is 34.7 Å². The molecule has 0 aliphatic carbocycles. The van der Waals surface area contributed by atoms with Crippen molar-refractivity contribution in [3.63, 3.8) is 0 Å². The first-order valence-electron chi connectivity index (χ1n) is 5.64. The van der Waals surface area contributed by atoms with Crippen LogP contribution in [0.5, 0.6) is 0 Å². The summed E-state index contributed by atoms with van der Waals surface area (Å²) < 4.78 is 1.34. The lowest BCUT2D eigenvalue weighted by Gasteiger charge is -2.05. The summed E-state index contributed by atoms with van der Waals surface area (Å²) in [7, 11) is 0. The van der Waals surface area contributed by atoms with Crippen molar-refractivity contribution >= 4 is 57.0 Å². The van der Waals surface area contributed by atoms with Crippen LogP contribution in [-0.4, -0.2) is 5.75 Å². The van der Waals surface area contributed by atoms with E-state index in [-0.39, 0.29) is 0 Å². The van der Waals surface area contributed by atoms with Crippen LogP contribution in [0.4, 0.5) is 0 Å². The van der Waals surface area contributed by atoms with Gasteiger partial charge in [-0.2, -0.15) is 0 Å². The smallest absolute Gasteiger partial charge is 0.0454 e. The highest BCUT2D eigenvalue weighted by Crippen LogP contribution is 2.36. The third-order valence-electron chi connectivity index (χ3n) is 2.62. The predicted molar refractivity (Wildman–Crippen MR) is 90.5 cm³/mol. The highest BCUT2D eigenvalue weighted by atomic mass is 127. The predicted octanol–water partition coefficient (Wildman–Crippen LogP) is 6.22. The lowest BCUT2D eigenvalue weighted by molar-refractivity contribution is 0.637. The van der Waals surface area contributed by atoms with Gasteiger partial charge in [0.25, 0.3) is 0 Å². The Balaban J connectivity index is 2.01. The van der Waals surface area contributed by atoms with Crippen molar-refractivity contribution in [2.24, 2.45) is 5.92 Å². The quantitative estimate of drug-likeness (QED) is 0.429. The number of hydrogen-bond acceptors (Lipinski definition) is 3. The Labute approximate surface area is 129 Å². The average Bonchev–Trinajstić information content (AvgIpc) is 2.94. The van der Waals surface area contributed by atoms with E-state index in [1.54, 1.807) is 0 Å². The maximum atomic E-state index is 2.37. The molecule has 92 valence electrons. The first-order chi connectivity index (χ1) is 8.19. The molecule has 1 atom stereocenters. The Hall–Kier alpha value is 0.480. The van der Waals surface area contributed by atoms with Gasteiger partial charge in [-0.05, 0) is 40.6 Å². The molecule has 0 saturated carbocycles. The van der Waals surface area contributed by atoms with Crippen LogP contribution in [-0.2, 0) is 0 Å². The molecule has 2 rings (SSSR count). The molecule has 0 bridgehead atoms. The lowest BCUT2D eigenvalue weighted by Crippen LogP contribution is -1.94. The molecule has 4 heteroatoms. The number of rotatable bonds is 5. The van der Waals surface area contributed by atoms with E-state index in [1.165, 1.54) is 30.4 Å². The van der Waals surface area contributed by atoms with Crippen LogP contribution in [0, 0.1) is 9.49 Å². The second-order valence-electron chi connectivity index (χ2n) is 4.10. The molecule has 0 nitrogen and oxygen atoms in total. The van der Waals surface area contributed by atoms with Gasteiger partial charge >= 0.3 is 0 Å². The average molecular weight is 394 g/mol. The van der Waals surface area contributed by atoms with Gasteiger partial charge in [-0.15, -0.1) is 34.4 Å². The first-order valence-corrected chi connectivity index (χ1v) is 9.47. The number of hydrogen-bond donors (Lipinski definition) is 0. The van der Waals surface area contributed by atoms with E-state index in [9.17, 15) is 0 Å². The topological polar surface area (TPSA) is 0 Å². The standard InChI is InChI=1S/C13H15IS3/c1-3-9(2)6-15-11-5-13(17-8-11)12-4-10(14)7-16-12/h4-5,7-9H,3,6H2,1-2H3. The SMILES string of the molecule is CCC(C)CSc1csc(-c2cc(I)cs2)c1. The largest absolute Gasteiger partial charge is 0.142 e. The summed E-state index contributed by atoms with van der Waals surface area (Å²) in [6, 6.07) is 4.60. The van der Waals surface area contributed by atoms with Gasteiger partial charge in [0.15, 0.2) is 0 Å². The number of thioether (sulfide) groups is 1. The zero-order chi connectivity index (χ0) is 12.3. The van der Waals surface area contributed by atoms with E-state index in [0.717, 1.165) is 5.92 Å². The van der Waals surface area contributed by atoms with Crippen molar-refractivity contribution < 1.29 is 0 Å². The Kier molecular flexibility index (Phi) is 5.39. The van der Waals surface area contributed by atoms with Gasteiger partial charge < -0.3 is 0 Å². The minimum atomic E-state index is 0.811. The highest BCUT2D eigenvalue weighted by molar-refractivity contribution is 14.1. The normalized spacial score (nSPS) is 12.9. The van der Waals surface area contributed by atoms with Gasteiger partial charge in [0.2, 0.25) is 0 Å². The fourth-order valence-electron chi connectivity index (χ4n) is 1.32. The fourth-order valence-corrected chi connectivity index (χ4v) is 5.28. The molecule has 0 aliphatic heterocycles. The zero-order valence-electron chi connectivity index (χ0n) is 9.90. The van der Waals surface area contributed by atoms with Crippen molar-refractivity contribution in [1.29, 1.82) is 0 Å². The number of thiophene rings is 2. The minimum absolute atomic E-state index is 0.811. The summed E-state index contributed by atoms with van der Waals surface area (Å²) in [5, 5.41) is 4.50. The molecule has 0 radical (unpaired) electrons. The van der Waals surface area contributed by atoms with Crippen LogP contribution >= 0.6 is 57.0 Å². The van der Waals surface area contributed by atoms with Gasteiger partial charge in [-0.1, -0.05) is 20.3 Å². The van der Waals surface area contributed by atoms with Crippen LogP contribution in [0.2, 0.25) is 0 Å². The van der Waals surface area contributed by atoms with E-state index in [0.29, 0.717) is 0 Å². The van der Waals surface area contributed by atoms with Gasteiger partial charge in [0.1, 0.15) is 0 Å². The molecule has 0 fully saturated rings. The summed E-state index contributed by atoms with van der Waals surface area (Å²) in [6.45, 7) is 4.58. The summed E-state index contributed by atoms with van der Waals surface area (Å²) in [5.74, 6) is 2.04. The Morgan fingerprint density at radius 2 is 1.94 bits per heavy atom. The maximum Gasteiger partial charge on any atom is 0.0454 e. The third kappa shape index (κ3) is 3.98. The van der Waals surface area contributed by atoms with E-state index in [1.807, 2.05) is 34.4 Å². The van der Waals surface area contributed by atoms with Crippen molar-refractivity contribution in [2.45, 2.75) is 25.2 Å². The summed E-state index contributed by atoms with van der Waals surface area (Å²) in [4.78, 5) is 4.23. The highest BCUT2D eigenvalue weighted by Gasteiger charge is 2.07. The van der Waals surface area contributed by atoms with Gasteiger partial charge in [-0.3, -0.25) is 0 Å². The second-order valence-corrected chi connectivity index (χ2v) is 8.26. The van der Waals surface area contributed by atoms with Gasteiger partial charge in [-0.25, -0.2) is 0 Å². The van der Waals surface area contributed by atoms with E-state index in [4.69, 9.17) is 0 Å². The molecule has 2 heterocycles. The fraction of sp³-hybridized carbons (Fsp3) is 0.385. The molecule has 0 aromatic carbocycles. The molecule has 0 saturated heterocycles. The molecular weight excluding hydrogens is 379 g/mol. The van der Waals surface area contributed by atoms with Crippen LogP contribution in [0.3, 0.4) is 0 Å². The van der Waals surface area contributed by atoms with Crippen molar-refractivity contribution in [2.75, 3.05) is 5.75 Å². The van der Waals surface area contributed by atoms with E-state index in [2.05, 4.69) is 59.3 Å². The van der Waals surface area contributed by atoms with Gasteiger partial charge in [0.05, 0.1) is 0 Å². The zero-order valence-corrected chi connectivity index (χ0v) is 14.5. The Morgan fingerprint density at radius 3 is 2.59 bits per heavy atom. The van der Waals surface area contributed by atoms with E-state index >= 15 is 0 Å². The summed E-state index contributed by atoms with van der Waals surface area (Å²) in [5.41, 5.74) is 0. The molecular formula is C13H15IS3. The lowest BCUT2D eigenvalue weighted by atomic mass is 10.2. The third-order valence-corrected chi connectivity index (χ3v) is 7.17. The van der Waals surface area contributed by atoms with Crippen LogP contribution in [0.1, 0.15) is 20.3 Å². The Morgan fingerprint density at radius 1 is 1.24 bits per heavy atom. The molecule has 2 aromatic heterocycles. The molecule has 0 aliphatic rings. The first kappa shape index (κ1) is 13.9. The van der Waals surface area contributed by atoms with Crippen molar-refractivity contribution in [3.05, 3.63) is 26.5 Å². The van der Waals surface area contributed by atoms with Crippen LogP contribution < -0.4 is 0 Å². The number of halogens is 1. The second kappa shape index (κ2) is 6.59. The van der Waals surface area contributed by atoms with Crippen LogP contribution in [0.25, 0.3) is 9.75 Å². The molecule has 0 spiro atoms. The van der Waals surface area contributed by atoms with Crippen molar-refractivity contribution in [3.8, 4) is 9.75 Å². The maximum absolute atomic E-state index is 2.37. The van der Waals surface area contributed by atoms with E-state index < -0.39 is 0 Å². The minimum Gasteiger partial charge on any atom is -0.142 e. The molecule has 2 aromatic rings.